The van der Waals surface area contributed by atoms with E-state index in [4.69, 9.17) is 5.26 Å². The molecule has 0 fully saturated rings. The molecule has 0 spiro atoms. The molecule has 1 aliphatic heterocycles. The van der Waals surface area contributed by atoms with Crippen LogP contribution in [-0.2, 0) is 0 Å². The molecule has 0 aliphatic carbocycles. The third kappa shape index (κ3) is 3.20. The van der Waals surface area contributed by atoms with Gasteiger partial charge in [-0.25, -0.2) is 0 Å². The van der Waals surface area contributed by atoms with Crippen LogP contribution < -0.4 is 5.32 Å². The van der Waals surface area contributed by atoms with Gasteiger partial charge in [-0.15, -0.1) is 0 Å². The number of nitrogens with one attached hydrogen (secondary N) is 1. The third-order valence-electron chi connectivity index (χ3n) is 1.50. The largest absolute Gasteiger partial charge is 0.393 e. The van der Waals surface area contributed by atoms with E-state index in [0.29, 0.717) is 0 Å². The highest BCUT2D eigenvalue weighted by molar-refractivity contribution is 5.28. The lowest BCUT2D eigenvalue weighted by Crippen LogP contribution is -2.23. The van der Waals surface area contributed by atoms with E-state index in [1.54, 1.807) is 0 Å². The second-order valence-electron chi connectivity index (χ2n) is 2.64. The Morgan fingerprint density at radius 2 is 2.23 bits per heavy atom. The van der Waals surface area contributed by atoms with Crippen molar-refractivity contribution in [3.63, 3.8) is 0 Å². The highest BCUT2D eigenvalue weighted by atomic mass is 19.4. The van der Waals surface area contributed by atoms with E-state index in [2.05, 4.69) is 5.32 Å². The van der Waals surface area contributed by atoms with Crippen molar-refractivity contribution >= 4 is 0 Å². The van der Waals surface area contributed by atoms with Crippen molar-refractivity contribution in [2.24, 2.45) is 0 Å². The fraction of sp³-hybridized carbons (Fsp3) is 0.375. The van der Waals surface area contributed by atoms with Crippen LogP contribution in [0.3, 0.4) is 0 Å². The van der Waals surface area contributed by atoms with Crippen LogP contribution in [-0.4, -0.2) is 12.2 Å². The normalized spacial score (nSPS) is 21.7. The van der Waals surface area contributed by atoms with Gasteiger partial charge < -0.3 is 5.32 Å². The molecular weight excluding hydrogens is 181 g/mol. The van der Waals surface area contributed by atoms with Gasteiger partial charge in [0, 0.05) is 0 Å². The van der Waals surface area contributed by atoms with E-state index in [9.17, 15) is 13.2 Å². The molecule has 0 amide bonds. The predicted octanol–water partition coefficient (Wildman–Crippen LogP) is 1.87. The first kappa shape index (κ1) is 9.65. The molecule has 1 atom stereocenters. The van der Waals surface area contributed by atoms with Crippen LogP contribution in [0.25, 0.3) is 0 Å². The Hall–Kier alpha value is -1.44. The molecule has 70 valence electrons. The molecule has 1 rings (SSSR count). The molecule has 0 bridgehead atoms. The number of hydrogen-bond acceptors (Lipinski definition) is 2. The van der Waals surface area contributed by atoms with E-state index < -0.39 is 18.6 Å². The number of alkyl halides is 3. The smallest absolute Gasteiger partial charge is 0.373 e. The highest BCUT2D eigenvalue weighted by Gasteiger charge is 2.28. The molecule has 1 heterocycles. The second kappa shape index (κ2) is 3.52. The number of dihydropyridines is 1. The fourth-order valence-electron chi connectivity index (χ4n) is 1.00. The van der Waals surface area contributed by atoms with Crippen molar-refractivity contribution in [1.29, 1.82) is 5.26 Å². The number of nitrogens with zero attached hydrogens (tertiary/aromatic N) is 1. The van der Waals surface area contributed by atoms with Crippen molar-refractivity contribution in [1.82, 2.24) is 5.32 Å². The maximum atomic E-state index is 11.9. The average Bonchev–Trinajstić information content (AvgIpc) is 2.01. The Kier molecular flexibility index (Phi) is 2.61. The Morgan fingerprint density at radius 1 is 1.54 bits per heavy atom. The molecular formula is C8H7F3N2. The first-order valence-electron chi connectivity index (χ1n) is 3.61. The van der Waals surface area contributed by atoms with Gasteiger partial charge in [-0.2, -0.15) is 18.4 Å². The standard InChI is InChI=1S/C8H7F3N2/c9-8(10,11)4-6-1-2-13-7(3-6)5-12/h1-3,7,13H,4H2. The summed E-state index contributed by atoms with van der Waals surface area (Å²) in [6.45, 7) is 0. The highest BCUT2D eigenvalue weighted by Crippen LogP contribution is 2.25. The number of hydrogen-bond donors (Lipinski definition) is 1. The van der Waals surface area contributed by atoms with E-state index >= 15 is 0 Å². The molecule has 5 heteroatoms. The molecule has 1 N–H and O–H groups in total. The minimum absolute atomic E-state index is 0.123. The fourth-order valence-corrected chi connectivity index (χ4v) is 1.00. The minimum atomic E-state index is -4.21. The van der Waals surface area contributed by atoms with Crippen LogP contribution in [0, 0.1) is 11.3 Å². The molecule has 0 aromatic heterocycles. The van der Waals surface area contributed by atoms with Gasteiger partial charge >= 0.3 is 6.18 Å². The molecule has 0 aromatic carbocycles. The summed E-state index contributed by atoms with van der Waals surface area (Å²) in [4.78, 5) is 0. The topological polar surface area (TPSA) is 35.8 Å². The van der Waals surface area contributed by atoms with Crippen LogP contribution in [0.5, 0.6) is 0 Å². The number of rotatable bonds is 1. The summed E-state index contributed by atoms with van der Waals surface area (Å²) in [6, 6.07) is 1.16. The first-order valence-corrected chi connectivity index (χ1v) is 3.61. The van der Waals surface area contributed by atoms with Crippen LogP contribution >= 0.6 is 0 Å². The third-order valence-corrected chi connectivity index (χ3v) is 1.50. The Balaban J connectivity index is 2.66. The summed E-state index contributed by atoms with van der Waals surface area (Å²) in [5.41, 5.74) is 0.123. The van der Waals surface area contributed by atoms with E-state index in [1.807, 2.05) is 6.07 Å². The number of nitriles is 1. The Bertz CT molecular complexity index is 283. The molecule has 2 nitrogen and oxygen atoms in total. The molecule has 1 aliphatic rings. The quantitative estimate of drug-likeness (QED) is 0.681. The molecule has 0 radical (unpaired) electrons. The summed E-state index contributed by atoms with van der Waals surface area (Å²) >= 11 is 0. The number of halogens is 3. The van der Waals surface area contributed by atoms with Crippen molar-refractivity contribution < 1.29 is 13.2 Å². The van der Waals surface area contributed by atoms with Gasteiger partial charge in [0.25, 0.3) is 0 Å². The van der Waals surface area contributed by atoms with Crippen LogP contribution in [0.4, 0.5) is 13.2 Å². The summed E-state index contributed by atoms with van der Waals surface area (Å²) in [5, 5.41) is 11.0. The summed E-state index contributed by atoms with van der Waals surface area (Å²) < 4.78 is 35.7. The molecule has 0 aromatic rings. The van der Waals surface area contributed by atoms with Crippen LogP contribution in [0.2, 0.25) is 0 Å². The van der Waals surface area contributed by atoms with E-state index in [0.717, 1.165) is 0 Å². The zero-order chi connectivity index (χ0) is 9.90. The van der Waals surface area contributed by atoms with Crippen molar-refractivity contribution in [2.75, 3.05) is 0 Å². The molecule has 0 saturated heterocycles. The number of allylic oxidation sites excluding steroid dienone is 2. The lowest BCUT2D eigenvalue weighted by Gasteiger charge is -2.14. The van der Waals surface area contributed by atoms with Crippen LogP contribution in [0.1, 0.15) is 6.42 Å². The van der Waals surface area contributed by atoms with Crippen molar-refractivity contribution in [3.05, 3.63) is 23.9 Å². The molecule has 0 saturated carbocycles. The zero-order valence-electron chi connectivity index (χ0n) is 6.60. The summed E-state index contributed by atoms with van der Waals surface area (Å²) in [5.74, 6) is 0. The maximum absolute atomic E-state index is 11.9. The summed E-state index contributed by atoms with van der Waals surface area (Å²) in [7, 11) is 0. The van der Waals surface area contributed by atoms with Gasteiger partial charge in [0.1, 0.15) is 6.04 Å². The van der Waals surface area contributed by atoms with E-state index in [1.165, 1.54) is 18.4 Å². The lowest BCUT2D eigenvalue weighted by atomic mass is 10.1. The van der Waals surface area contributed by atoms with Gasteiger partial charge in [-0.1, -0.05) is 0 Å². The van der Waals surface area contributed by atoms with Gasteiger partial charge in [-0.3, -0.25) is 0 Å². The minimum Gasteiger partial charge on any atom is -0.373 e. The zero-order valence-corrected chi connectivity index (χ0v) is 6.60. The predicted molar refractivity (Wildman–Crippen MR) is 40.4 cm³/mol. The Labute approximate surface area is 73.3 Å². The average molecular weight is 188 g/mol. The van der Waals surface area contributed by atoms with Crippen LogP contribution in [0.15, 0.2) is 23.9 Å². The van der Waals surface area contributed by atoms with Crippen molar-refractivity contribution in [3.8, 4) is 6.07 Å². The summed E-state index contributed by atoms with van der Waals surface area (Å²) in [6.07, 6.45) is -1.25. The molecule has 13 heavy (non-hydrogen) atoms. The van der Waals surface area contributed by atoms with Gasteiger partial charge in [0.15, 0.2) is 0 Å². The monoisotopic (exact) mass is 188 g/mol. The Morgan fingerprint density at radius 3 is 2.77 bits per heavy atom. The van der Waals surface area contributed by atoms with Gasteiger partial charge in [0.05, 0.1) is 12.5 Å². The first-order chi connectivity index (χ1) is 6.01. The second-order valence-corrected chi connectivity index (χ2v) is 2.64. The van der Waals surface area contributed by atoms with Crippen molar-refractivity contribution in [2.45, 2.75) is 18.6 Å². The van der Waals surface area contributed by atoms with Gasteiger partial charge in [0.2, 0.25) is 0 Å². The lowest BCUT2D eigenvalue weighted by molar-refractivity contribution is -0.126. The SMILES string of the molecule is N#CC1C=C(CC(F)(F)F)C=CN1. The van der Waals surface area contributed by atoms with Gasteiger partial charge in [-0.05, 0) is 23.9 Å². The maximum Gasteiger partial charge on any atom is 0.393 e. The van der Waals surface area contributed by atoms with E-state index in [-0.39, 0.29) is 5.57 Å². The molecule has 1 unspecified atom stereocenters.